The Morgan fingerprint density at radius 2 is 2.00 bits per heavy atom. The lowest BCUT2D eigenvalue weighted by molar-refractivity contribution is 0.873. The van der Waals surface area contributed by atoms with Crippen LogP contribution in [0, 0.1) is 0 Å². The highest BCUT2D eigenvalue weighted by Gasteiger charge is 1.97. The van der Waals surface area contributed by atoms with Gasteiger partial charge in [0.05, 0.1) is 0 Å². The van der Waals surface area contributed by atoms with Gasteiger partial charge in [-0.15, -0.1) is 0 Å². The zero-order valence-electron chi connectivity index (χ0n) is 2.33. The van der Waals surface area contributed by atoms with E-state index >= 15 is 0 Å². The molecule has 0 atom stereocenters. The van der Waals surface area contributed by atoms with Crippen LogP contribution in [0.25, 0.3) is 0 Å². The van der Waals surface area contributed by atoms with E-state index in [0.29, 0.717) is 0 Å². The van der Waals surface area contributed by atoms with E-state index < -0.39 is 11.3 Å². The first-order valence-corrected chi connectivity index (χ1v) is 6.78. The molecular formula is CH3AlFI. The fourth-order valence-electron chi connectivity index (χ4n) is 0. The van der Waals surface area contributed by atoms with E-state index in [9.17, 15) is 3.52 Å². The third-order valence-corrected chi connectivity index (χ3v) is 0. The second-order valence-electron chi connectivity index (χ2n) is 0.519. The summed E-state index contributed by atoms with van der Waals surface area (Å²) in [6, 6.07) is 0. The fourth-order valence-corrected chi connectivity index (χ4v) is 0. The number of halogens is 2. The van der Waals surface area contributed by atoms with E-state index in [1.807, 2.05) is 20.3 Å². The van der Waals surface area contributed by atoms with E-state index in [4.69, 9.17) is 0 Å². The molecule has 0 rings (SSSR count). The first kappa shape index (κ1) is 5.19. The molecule has 0 amide bonds. The van der Waals surface area contributed by atoms with Crippen LogP contribution in [0.5, 0.6) is 0 Å². The van der Waals surface area contributed by atoms with Crippen molar-refractivity contribution in [1.29, 1.82) is 0 Å². The minimum atomic E-state index is -1.67. The SMILES string of the molecule is [CH3][Al]([F])[I]. The van der Waals surface area contributed by atoms with Gasteiger partial charge in [-0.25, -0.2) is 0 Å². The molecule has 0 unspecified atom stereocenters. The Hall–Kier alpha value is 1.19. The molecule has 0 aliphatic carbocycles. The average Bonchev–Trinajstić information content (AvgIpc) is 0.811. The fraction of sp³-hybridized carbons (Fsp3) is 1.00. The summed E-state index contributed by atoms with van der Waals surface area (Å²) in [4.78, 5) is 0. The van der Waals surface area contributed by atoms with E-state index in [1.54, 1.807) is 5.79 Å². The lowest BCUT2D eigenvalue weighted by Gasteiger charge is -1.59. The van der Waals surface area contributed by atoms with Crippen molar-refractivity contribution in [2.45, 2.75) is 5.79 Å². The molecule has 3 heteroatoms. The first-order valence-electron chi connectivity index (χ1n) is 1.01. The second kappa shape index (κ2) is 2.43. The largest absolute Gasteiger partial charge is 0.594 e. The zero-order valence-corrected chi connectivity index (χ0v) is 5.65. The molecule has 0 N–H and O–H groups in total. The quantitative estimate of drug-likeness (QED) is 0.399. The minimum absolute atomic E-state index is 1.63. The molecule has 0 radical (unpaired) electrons. The summed E-state index contributed by atoms with van der Waals surface area (Å²) in [5.74, 6) is 1.63. The van der Waals surface area contributed by atoms with Gasteiger partial charge in [-0.3, -0.25) is 0 Å². The number of hydrogen-bond acceptors (Lipinski definition) is 0. The zero-order chi connectivity index (χ0) is 3.58. The molecule has 0 aliphatic rings. The summed E-state index contributed by atoms with van der Waals surface area (Å²) >= 11 is 0.147. The van der Waals surface area contributed by atoms with Gasteiger partial charge in [-0.05, 0) is 0 Å². The predicted molar refractivity (Wildman–Crippen MR) is 26.7 cm³/mol. The molecule has 0 nitrogen and oxygen atoms in total. The molecule has 4 heavy (non-hydrogen) atoms. The Morgan fingerprint density at radius 3 is 2.00 bits per heavy atom. The first-order chi connectivity index (χ1) is 1.73. The Balaban J connectivity index is 2.32. The van der Waals surface area contributed by atoms with Gasteiger partial charge >= 0.3 is 11.3 Å². The van der Waals surface area contributed by atoms with Gasteiger partial charge in [0, 0.05) is 0 Å². The summed E-state index contributed by atoms with van der Waals surface area (Å²) < 4.78 is 11.1. The van der Waals surface area contributed by atoms with Crippen molar-refractivity contribution in [3.8, 4) is 0 Å². The number of rotatable bonds is 0. The Morgan fingerprint density at radius 1 is 2.00 bits per heavy atom. The Kier molecular flexibility index (Phi) is 3.16. The van der Waals surface area contributed by atoms with Crippen molar-refractivity contribution in [3.63, 3.8) is 0 Å². The van der Waals surface area contributed by atoms with Gasteiger partial charge in [0.2, 0.25) is 0 Å². The highest BCUT2D eigenvalue weighted by Crippen LogP contribution is 1.89. The molecule has 0 saturated carbocycles. The molecule has 0 fully saturated rings. The van der Waals surface area contributed by atoms with E-state index in [0.717, 1.165) is 0 Å². The van der Waals surface area contributed by atoms with Crippen molar-refractivity contribution in [2.75, 3.05) is 0 Å². The maximum Gasteiger partial charge on any atom is 0.594 e. The van der Waals surface area contributed by atoms with Gasteiger partial charge < -0.3 is 3.52 Å². The van der Waals surface area contributed by atoms with Crippen molar-refractivity contribution < 1.29 is 3.52 Å². The Labute approximate surface area is 40.9 Å². The summed E-state index contributed by atoms with van der Waals surface area (Å²) in [6.45, 7) is 0. The maximum atomic E-state index is 11.1. The maximum absolute atomic E-state index is 11.1. The summed E-state index contributed by atoms with van der Waals surface area (Å²) in [5.41, 5.74) is 0. The standard InChI is InChI=1S/CH3.Al.FH.HI/h1H3;;2*1H/q;+2;;/p-2. The molecule has 0 aromatic carbocycles. The van der Waals surface area contributed by atoms with Crippen LogP contribution in [0.4, 0.5) is 3.52 Å². The monoisotopic (exact) mass is 188 g/mol. The predicted octanol–water partition coefficient (Wildman–Crippen LogP) is 1.51. The van der Waals surface area contributed by atoms with Crippen LogP contribution in [-0.2, 0) is 0 Å². The van der Waals surface area contributed by atoms with Crippen LogP contribution in [-0.4, -0.2) is 11.3 Å². The van der Waals surface area contributed by atoms with Gasteiger partial charge in [0.1, 0.15) is 0 Å². The van der Waals surface area contributed by atoms with Crippen molar-refractivity contribution >= 4 is 31.6 Å². The summed E-state index contributed by atoms with van der Waals surface area (Å²) in [5, 5.41) is 0. The summed E-state index contributed by atoms with van der Waals surface area (Å²) in [7, 11) is 0. The molecule has 0 aromatic heterocycles. The van der Waals surface area contributed by atoms with Crippen LogP contribution in [0.1, 0.15) is 0 Å². The minimum Gasteiger partial charge on any atom is -0.401 e. The van der Waals surface area contributed by atoms with Crippen LogP contribution < -0.4 is 0 Å². The molecule has 0 aliphatic heterocycles. The van der Waals surface area contributed by atoms with Gasteiger partial charge in [0.25, 0.3) is 0 Å². The van der Waals surface area contributed by atoms with E-state index in [1.165, 1.54) is 0 Å². The highest BCUT2D eigenvalue weighted by molar-refractivity contribution is 14.1. The van der Waals surface area contributed by atoms with Crippen LogP contribution in [0.2, 0.25) is 5.79 Å². The topological polar surface area (TPSA) is 0 Å². The third-order valence-electron chi connectivity index (χ3n) is 0. The lowest BCUT2D eigenvalue weighted by atomic mass is 11.9. The van der Waals surface area contributed by atoms with Crippen molar-refractivity contribution in [1.82, 2.24) is 0 Å². The van der Waals surface area contributed by atoms with Crippen molar-refractivity contribution in [3.05, 3.63) is 0 Å². The molecule has 0 saturated heterocycles. The van der Waals surface area contributed by atoms with Gasteiger partial charge in [-0.2, -0.15) is 20.3 Å². The molecular weight excluding hydrogens is 185 g/mol. The normalized spacial score (nSPS) is 6.75. The van der Waals surface area contributed by atoms with Gasteiger partial charge in [-0.1, -0.05) is 5.79 Å². The average molecular weight is 188 g/mol. The van der Waals surface area contributed by atoms with Crippen molar-refractivity contribution in [2.24, 2.45) is 0 Å². The van der Waals surface area contributed by atoms with Gasteiger partial charge in [0.15, 0.2) is 0 Å². The number of hydrogen-bond donors (Lipinski definition) is 0. The van der Waals surface area contributed by atoms with Crippen LogP contribution in [0.15, 0.2) is 0 Å². The second-order valence-corrected chi connectivity index (χ2v) is 6.71. The Bertz CT molecular complexity index is 12.8. The molecule has 0 heterocycles. The molecule has 0 aromatic rings. The highest BCUT2D eigenvalue weighted by atomic mass is 127. The smallest absolute Gasteiger partial charge is 0.401 e. The molecule has 24 valence electrons. The molecule has 0 bridgehead atoms. The van der Waals surface area contributed by atoms with Crippen LogP contribution >= 0.6 is 20.3 Å². The van der Waals surface area contributed by atoms with Crippen LogP contribution in [0.3, 0.4) is 0 Å². The molecule has 0 spiro atoms. The van der Waals surface area contributed by atoms with E-state index in [2.05, 4.69) is 0 Å². The van der Waals surface area contributed by atoms with E-state index in [-0.39, 0.29) is 0 Å². The third kappa shape index (κ3) is 10.8. The lowest BCUT2D eigenvalue weighted by Crippen LogP contribution is -1.74. The summed E-state index contributed by atoms with van der Waals surface area (Å²) in [6.07, 6.45) is 0.